The second-order valence-electron chi connectivity index (χ2n) is 4.74. The minimum atomic E-state index is -0.772. The van der Waals surface area contributed by atoms with E-state index in [4.69, 9.17) is 0 Å². The standard InChI is InChI=1S/C16H18F2N2/c1-3-19-14(10-12-6-4-5-9-20-12)13-8-7-11(2)15(17)16(13)18/h4-9,14,19H,3,10H2,1-2H3. The molecule has 1 aromatic carbocycles. The highest BCUT2D eigenvalue weighted by atomic mass is 19.2. The number of aryl methyl sites for hydroxylation is 1. The molecular weight excluding hydrogens is 258 g/mol. The van der Waals surface area contributed by atoms with Gasteiger partial charge in [-0.15, -0.1) is 0 Å². The van der Waals surface area contributed by atoms with Gasteiger partial charge in [-0.25, -0.2) is 8.78 Å². The second-order valence-corrected chi connectivity index (χ2v) is 4.74. The lowest BCUT2D eigenvalue weighted by molar-refractivity contribution is 0.459. The highest BCUT2D eigenvalue weighted by molar-refractivity contribution is 5.29. The van der Waals surface area contributed by atoms with Gasteiger partial charge in [-0.05, 0) is 31.2 Å². The zero-order chi connectivity index (χ0) is 14.5. The molecule has 106 valence electrons. The van der Waals surface area contributed by atoms with Crippen molar-refractivity contribution in [3.05, 3.63) is 65.0 Å². The van der Waals surface area contributed by atoms with Gasteiger partial charge in [0.1, 0.15) is 0 Å². The SMILES string of the molecule is CCNC(Cc1ccccn1)c1ccc(C)c(F)c1F. The normalized spacial score (nSPS) is 12.4. The summed E-state index contributed by atoms with van der Waals surface area (Å²) in [5.74, 6) is -1.54. The van der Waals surface area contributed by atoms with Crippen LogP contribution in [0, 0.1) is 18.6 Å². The largest absolute Gasteiger partial charge is 0.310 e. The summed E-state index contributed by atoms with van der Waals surface area (Å²) in [7, 11) is 0. The molecule has 1 unspecified atom stereocenters. The van der Waals surface area contributed by atoms with Crippen LogP contribution in [0.3, 0.4) is 0 Å². The molecule has 20 heavy (non-hydrogen) atoms. The van der Waals surface area contributed by atoms with Crippen molar-refractivity contribution in [1.29, 1.82) is 0 Å². The minimum absolute atomic E-state index is 0.287. The van der Waals surface area contributed by atoms with Crippen molar-refractivity contribution in [3.8, 4) is 0 Å². The Hall–Kier alpha value is -1.81. The van der Waals surface area contributed by atoms with Gasteiger partial charge in [0.15, 0.2) is 11.6 Å². The lowest BCUT2D eigenvalue weighted by Gasteiger charge is -2.19. The third-order valence-corrected chi connectivity index (χ3v) is 3.27. The first-order valence-electron chi connectivity index (χ1n) is 6.71. The fourth-order valence-corrected chi connectivity index (χ4v) is 2.20. The Labute approximate surface area is 117 Å². The molecule has 0 saturated heterocycles. The predicted octanol–water partition coefficient (Wildman–Crippen LogP) is 3.56. The Bertz CT molecular complexity index is 570. The topological polar surface area (TPSA) is 24.9 Å². The van der Waals surface area contributed by atoms with Gasteiger partial charge >= 0.3 is 0 Å². The van der Waals surface area contributed by atoms with Crippen molar-refractivity contribution in [1.82, 2.24) is 10.3 Å². The summed E-state index contributed by atoms with van der Waals surface area (Å²) in [5.41, 5.74) is 1.51. The summed E-state index contributed by atoms with van der Waals surface area (Å²) < 4.78 is 27.8. The van der Waals surface area contributed by atoms with Crippen LogP contribution in [0.1, 0.15) is 29.8 Å². The van der Waals surface area contributed by atoms with Crippen LogP contribution in [0.15, 0.2) is 36.5 Å². The van der Waals surface area contributed by atoms with Crippen molar-refractivity contribution >= 4 is 0 Å². The number of rotatable bonds is 5. The highest BCUT2D eigenvalue weighted by Crippen LogP contribution is 2.24. The summed E-state index contributed by atoms with van der Waals surface area (Å²) in [6.07, 6.45) is 2.22. The van der Waals surface area contributed by atoms with Crippen LogP contribution in [-0.2, 0) is 6.42 Å². The van der Waals surface area contributed by atoms with Gasteiger partial charge in [0.25, 0.3) is 0 Å². The van der Waals surface area contributed by atoms with Gasteiger partial charge in [0.2, 0.25) is 0 Å². The monoisotopic (exact) mass is 276 g/mol. The average Bonchev–Trinajstić information content (AvgIpc) is 2.46. The Balaban J connectivity index is 2.31. The first-order chi connectivity index (χ1) is 9.63. The molecular formula is C16H18F2N2. The summed E-state index contributed by atoms with van der Waals surface area (Å²) >= 11 is 0. The molecule has 0 saturated carbocycles. The predicted molar refractivity (Wildman–Crippen MR) is 75.5 cm³/mol. The van der Waals surface area contributed by atoms with Crippen LogP contribution in [0.5, 0.6) is 0 Å². The van der Waals surface area contributed by atoms with Crippen LogP contribution in [0.4, 0.5) is 8.78 Å². The van der Waals surface area contributed by atoms with E-state index in [9.17, 15) is 8.78 Å². The molecule has 1 heterocycles. The van der Waals surface area contributed by atoms with Crippen molar-refractivity contribution in [2.45, 2.75) is 26.3 Å². The quantitative estimate of drug-likeness (QED) is 0.903. The zero-order valence-electron chi connectivity index (χ0n) is 11.7. The molecule has 2 rings (SSSR count). The lowest BCUT2D eigenvalue weighted by Crippen LogP contribution is -2.24. The molecule has 0 amide bonds. The summed E-state index contributed by atoms with van der Waals surface area (Å²) in [6.45, 7) is 4.17. The van der Waals surface area contributed by atoms with Crippen LogP contribution < -0.4 is 5.32 Å². The number of hydrogen-bond donors (Lipinski definition) is 1. The molecule has 0 radical (unpaired) electrons. The maximum Gasteiger partial charge on any atom is 0.163 e. The van der Waals surface area contributed by atoms with E-state index < -0.39 is 11.6 Å². The fraction of sp³-hybridized carbons (Fsp3) is 0.312. The van der Waals surface area contributed by atoms with Crippen LogP contribution in [-0.4, -0.2) is 11.5 Å². The third kappa shape index (κ3) is 3.20. The number of nitrogens with one attached hydrogen (secondary N) is 1. The highest BCUT2D eigenvalue weighted by Gasteiger charge is 2.19. The molecule has 0 aliphatic rings. The molecule has 2 nitrogen and oxygen atoms in total. The van der Waals surface area contributed by atoms with Gasteiger partial charge in [0, 0.05) is 29.9 Å². The Kier molecular flexibility index (Phi) is 4.79. The third-order valence-electron chi connectivity index (χ3n) is 3.27. The van der Waals surface area contributed by atoms with Crippen LogP contribution >= 0.6 is 0 Å². The molecule has 4 heteroatoms. The van der Waals surface area contributed by atoms with Gasteiger partial charge in [-0.1, -0.05) is 25.1 Å². The fourth-order valence-electron chi connectivity index (χ4n) is 2.20. The number of aromatic nitrogens is 1. The lowest BCUT2D eigenvalue weighted by atomic mass is 9.99. The second kappa shape index (κ2) is 6.57. The molecule has 1 aromatic heterocycles. The van der Waals surface area contributed by atoms with E-state index in [1.165, 1.54) is 0 Å². The van der Waals surface area contributed by atoms with Gasteiger partial charge in [-0.2, -0.15) is 0 Å². The van der Waals surface area contributed by atoms with E-state index in [0.717, 1.165) is 5.69 Å². The van der Waals surface area contributed by atoms with E-state index in [1.54, 1.807) is 25.3 Å². The molecule has 0 spiro atoms. The van der Waals surface area contributed by atoms with Crippen molar-refractivity contribution in [2.24, 2.45) is 0 Å². The van der Waals surface area contributed by atoms with Gasteiger partial charge < -0.3 is 5.32 Å². The molecule has 0 bridgehead atoms. The zero-order valence-corrected chi connectivity index (χ0v) is 11.7. The smallest absolute Gasteiger partial charge is 0.163 e. The van der Waals surface area contributed by atoms with Gasteiger partial charge in [0.05, 0.1) is 0 Å². The number of benzene rings is 1. The molecule has 0 aliphatic heterocycles. The van der Waals surface area contributed by atoms with Gasteiger partial charge in [-0.3, -0.25) is 4.98 Å². The van der Waals surface area contributed by atoms with Crippen LogP contribution in [0.2, 0.25) is 0 Å². The maximum absolute atomic E-state index is 14.1. The summed E-state index contributed by atoms with van der Waals surface area (Å²) in [4.78, 5) is 4.24. The average molecular weight is 276 g/mol. The van der Waals surface area contributed by atoms with E-state index in [1.807, 2.05) is 25.1 Å². The molecule has 0 aliphatic carbocycles. The Morgan fingerprint density at radius 3 is 2.60 bits per heavy atom. The minimum Gasteiger partial charge on any atom is -0.310 e. The van der Waals surface area contributed by atoms with E-state index >= 15 is 0 Å². The molecule has 1 atom stereocenters. The Morgan fingerprint density at radius 2 is 1.95 bits per heavy atom. The van der Waals surface area contributed by atoms with Crippen molar-refractivity contribution in [3.63, 3.8) is 0 Å². The number of pyridine rings is 1. The number of hydrogen-bond acceptors (Lipinski definition) is 2. The van der Waals surface area contributed by atoms with E-state index in [-0.39, 0.29) is 6.04 Å². The maximum atomic E-state index is 14.1. The first kappa shape index (κ1) is 14.6. The summed E-state index contributed by atoms with van der Waals surface area (Å²) in [5, 5.41) is 3.19. The molecule has 1 N–H and O–H groups in total. The van der Waals surface area contributed by atoms with E-state index in [0.29, 0.717) is 24.1 Å². The number of halogens is 2. The van der Waals surface area contributed by atoms with Crippen LogP contribution in [0.25, 0.3) is 0 Å². The number of likely N-dealkylation sites (N-methyl/N-ethyl adjacent to an activating group) is 1. The summed E-state index contributed by atoms with van der Waals surface area (Å²) in [6, 6.07) is 8.56. The number of nitrogens with zero attached hydrogens (tertiary/aromatic N) is 1. The first-order valence-corrected chi connectivity index (χ1v) is 6.71. The molecule has 0 fully saturated rings. The Morgan fingerprint density at radius 1 is 1.15 bits per heavy atom. The van der Waals surface area contributed by atoms with Crippen molar-refractivity contribution in [2.75, 3.05) is 6.54 Å². The molecule has 2 aromatic rings. The van der Waals surface area contributed by atoms with E-state index in [2.05, 4.69) is 10.3 Å². The van der Waals surface area contributed by atoms with Crippen molar-refractivity contribution < 1.29 is 8.78 Å².